The van der Waals surface area contributed by atoms with Crippen LogP contribution < -0.4 is 4.31 Å². The molecule has 2 aromatic carbocycles. The number of likely N-dealkylation sites (N-methyl/N-ethyl adjacent to an activating group) is 1. The number of carbonyl (C=O) groups is 1. The van der Waals surface area contributed by atoms with Crippen molar-refractivity contribution in [2.75, 3.05) is 23.9 Å². The maximum atomic E-state index is 13.1. The van der Waals surface area contributed by atoms with Crippen molar-refractivity contribution in [2.24, 2.45) is 0 Å². The summed E-state index contributed by atoms with van der Waals surface area (Å²) in [6, 6.07) is 15.1. The molecular weight excluding hydrogens is 360 g/mol. The van der Waals surface area contributed by atoms with Gasteiger partial charge in [-0.15, -0.1) is 0 Å². The van der Waals surface area contributed by atoms with Gasteiger partial charge in [-0.3, -0.25) is 9.10 Å². The van der Waals surface area contributed by atoms with Crippen molar-refractivity contribution in [3.63, 3.8) is 0 Å². The van der Waals surface area contributed by atoms with Gasteiger partial charge in [0.2, 0.25) is 0 Å². The van der Waals surface area contributed by atoms with Crippen LogP contribution in [-0.2, 0) is 10.0 Å². The van der Waals surface area contributed by atoms with E-state index in [1.54, 1.807) is 48.2 Å². The molecule has 0 aliphatic heterocycles. The van der Waals surface area contributed by atoms with E-state index in [4.69, 9.17) is 0 Å². The summed E-state index contributed by atoms with van der Waals surface area (Å²) in [5, 5.41) is 0. The van der Waals surface area contributed by atoms with Gasteiger partial charge in [0.25, 0.3) is 15.9 Å². The Balaban J connectivity index is 2.40. The smallest absolute Gasteiger partial charge is 0.264 e. The molecule has 0 aromatic heterocycles. The molecule has 0 bridgehead atoms. The Morgan fingerprint density at radius 3 is 2.22 bits per heavy atom. The molecule has 1 amide bonds. The van der Waals surface area contributed by atoms with Crippen molar-refractivity contribution < 1.29 is 13.2 Å². The largest absolute Gasteiger partial charge is 0.335 e. The molecule has 5 nitrogen and oxygen atoms in total. The Labute approximate surface area is 162 Å². The van der Waals surface area contributed by atoms with Crippen LogP contribution in [0.1, 0.15) is 31.1 Å². The molecule has 2 rings (SSSR count). The van der Waals surface area contributed by atoms with E-state index in [1.807, 2.05) is 19.9 Å². The van der Waals surface area contributed by atoms with Gasteiger partial charge in [-0.05, 0) is 51.1 Å². The second-order valence-electron chi connectivity index (χ2n) is 6.31. The predicted octanol–water partition coefficient (Wildman–Crippen LogP) is 3.94. The Hall–Kier alpha value is -2.60. The zero-order valence-corrected chi connectivity index (χ0v) is 16.9. The van der Waals surface area contributed by atoms with Gasteiger partial charge in [-0.1, -0.05) is 36.4 Å². The molecule has 0 aliphatic carbocycles. The van der Waals surface area contributed by atoms with Crippen LogP contribution in [-0.4, -0.2) is 38.9 Å². The molecule has 0 heterocycles. The number of carbonyl (C=O) groups excluding carboxylic acids is 1. The number of rotatable bonds is 8. The molecule has 2 aromatic rings. The molecule has 0 saturated heterocycles. The number of nitrogens with zero attached hydrogens (tertiary/aromatic N) is 2. The molecule has 6 heteroatoms. The van der Waals surface area contributed by atoms with Crippen LogP contribution >= 0.6 is 0 Å². The summed E-state index contributed by atoms with van der Waals surface area (Å²) in [5.41, 5.74) is 1.81. The first-order valence-electron chi connectivity index (χ1n) is 8.92. The second-order valence-corrected chi connectivity index (χ2v) is 8.17. The van der Waals surface area contributed by atoms with E-state index in [1.165, 1.54) is 16.4 Å². The first-order valence-corrected chi connectivity index (χ1v) is 10.4. The lowest BCUT2D eigenvalue weighted by atomic mass is 10.2. The van der Waals surface area contributed by atoms with Crippen molar-refractivity contribution in [1.29, 1.82) is 0 Å². The second kappa shape index (κ2) is 8.86. The fourth-order valence-electron chi connectivity index (χ4n) is 2.84. The summed E-state index contributed by atoms with van der Waals surface area (Å²) in [4.78, 5) is 14.5. The Kier molecular flexibility index (Phi) is 6.80. The third-order valence-electron chi connectivity index (χ3n) is 4.13. The molecule has 0 aliphatic rings. The standard InChI is InChI=1S/C21H26N2O3S/c1-5-22(16-17(3)4)21(24)18-11-10-14-20(15-18)27(25,26)23(6-2)19-12-8-7-9-13-19/h7-15H,3,5-6,16H2,1-2,4H3. The number of benzene rings is 2. The molecule has 0 fully saturated rings. The summed E-state index contributed by atoms with van der Waals surface area (Å²) in [6.45, 7) is 10.6. The number of sulfonamides is 1. The maximum absolute atomic E-state index is 13.1. The SMILES string of the molecule is C=C(C)CN(CC)C(=O)c1cccc(S(=O)(=O)N(CC)c2ccccc2)c1. The van der Waals surface area contributed by atoms with Gasteiger partial charge >= 0.3 is 0 Å². The van der Waals surface area contributed by atoms with Crippen LogP contribution in [0.3, 0.4) is 0 Å². The molecule has 0 N–H and O–H groups in total. The van der Waals surface area contributed by atoms with E-state index < -0.39 is 10.0 Å². The quantitative estimate of drug-likeness (QED) is 0.646. The highest BCUT2D eigenvalue weighted by Crippen LogP contribution is 2.24. The lowest BCUT2D eigenvalue weighted by Gasteiger charge is -2.24. The van der Waals surface area contributed by atoms with Gasteiger partial charge in [-0.2, -0.15) is 0 Å². The number of para-hydroxylation sites is 1. The molecular formula is C21H26N2O3S. The highest BCUT2D eigenvalue weighted by Gasteiger charge is 2.25. The van der Waals surface area contributed by atoms with Crippen LogP contribution in [0.4, 0.5) is 5.69 Å². The van der Waals surface area contributed by atoms with Gasteiger partial charge in [0, 0.05) is 25.2 Å². The fraction of sp³-hybridized carbons (Fsp3) is 0.286. The van der Waals surface area contributed by atoms with E-state index in [9.17, 15) is 13.2 Å². The van der Waals surface area contributed by atoms with E-state index in [0.717, 1.165) is 5.57 Å². The normalized spacial score (nSPS) is 11.1. The van der Waals surface area contributed by atoms with E-state index in [2.05, 4.69) is 6.58 Å². The monoisotopic (exact) mass is 386 g/mol. The minimum atomic E-state index is -3.77. The Morgan fingerprint density at radius 1 is 1.00 bits per heavy atom. The predicted molar refractivity (Wildman–Crippen MR) is 109 cm³/mol. The number of anilines is 1. The first kappa shape index (κ1) is 20.7. The van der Waals surface area contributed by atoms with Crippen LogP contribution in [0.5, 0.6) is 0 Å². The summed E-state index contributed by atoms with van der Waals surface area (Å²) in [5.74, 6) is -0.208. The molecule has 0 atom stereocenters. The number of hydrogen-bond donors (Lipinski definition) is 0. The maximum Gasteiger partial charge on any atom is 0.264 e. The van der Waals surface area contributed by atoms with Gasteiger partial charge in [0.15, 0.2) is 0 Å². The van der Waals surface area contributed by atoms with Crippen molar-refractivity contribution in [2.45, 2.75) is 25.7 Å². The molecule has 144 valence electrons. The lowest BCUT2D eigenvalue weighted by molar-refractivity contribution is 0.0778. The average Bonchev–Trinajstić information content (AvgIpc) is 2.66. The van der Waals surface area contributed by atoms with Crippen LogP contribution in [0.2, 0.25) is 0 Å². The first-order chi connectivity index (χ1) is 12.8. The molecule has 27 heavy (non-hydrogen) atoms. The lowest BCUT2D eigenvalue weighted by Crippen LogP contribution is -2.33. The fourth-order valence-corrected chi connectivity index (χ4v) is 4.36. The highest BCUT2D eigenvalue weighted by molar-refractivity contribution is 7.92. The summed E-state index contributed by atoms with van der Waals surface area (Å²) < 4.78 is 27.6. The van der Waals surface area contributed by atoms with E-state index in [-0.39, 0.29) is 10.8 Å². The van der Waals surface area contributed by atoms with Gasteiger partial charge < -0.3 is 4.90 Å². The summed E-state index contributed by atoms with van der Waals surface area (Å²) in [7, 11) is -3.77. The molecule has 0 radical (unpaired) electrons. The zero-order chi connectivity index (χ0) is 20.0. The van der Waals surface area contributed by atoms with Gasteiger partial charge in [0.05, 0.1) is 10.6 Å². The number of amides is 1. The molecule has 0 unspecified atom stereocenters. The molecule has 0 saturated carbocycles. The van der Waals surface area contributed by atoms with Gasteiger partial charge in [-0.25, -0.2) is 8.42 Å². The van der Waals surface area contributed by atoms with Crippen molar-refractivity contribution in [1.82, 2.24) is 4.90 Å². The topological polar surface area (TPSA) is 57.7 Å². The van der Waals surface area contributed by atoms with E-state index >= 15 is 0 Å². The van der Waals surface area contributed by atoms with Crippen molar-refractivity contribution in [3.05, 3.63) is 72.3 Å². The minimum Gasteiger partial charge on any atom is -0.335 e. The third-order valence-corrected chi connectivity index (χ3v) is 6.03. The average molecular weight is 387 g/mol. The number of hydrogen-bond acceptors (Lipinski definition) is 3. The van der Waals surface area contributed by atoms with Crippen LogP contribution in [0.25, 0.3) is 0 Å². The molecule has 0 spiro atoms. The highest BCUT2D eigenvalue weighted by atomic mass is 32.2. The van der Waals surface area contributed by atoms with Crippen LogP contribution in [0, 0.1) is 0 Å². The minimum absolute atomic E-state index is 0.102. The van der Waals surface area contributed by atoms with Crippen LogP contribution in [0.15, 0.2) is 71.6 Å². The van der Waals surface area contributed by atoms with E-state index in [0.29, 0.717) is 30.9 Å². The zero-order valence-electron chi connectivity index (χ0n) is 16.1. The third kappa shape index (κ3) is 4.77. The Morgan fingerprint density at radius 2 is 1.67 bits per heavy atom. The van der Waals surface area contributed by atoms with Crippen molar-refractivity contribution in [3.8, 4) is 0 Å². The Bertz CT molecular complexity index is 908. The summed E-state index contributed by atoms with van der Waals surface area (Å²) >= 11 is 0. The summed E-state index contributed by atoms with van der Waals surface area (Å²) in [6.07, 6.45) is 0. The van der Waals surface area contributed by atoms with Crippen molar-refractivity contribution >= 4 is 21.6 Å². The van der Waals surface area contributed by atoms with Gasteiger partial charge in [0.1, 0.15) is 0 Å².